The maximum atomic E-state index is 7.32. The molecule has 4 aliphatic heterocycles. The number of para-hydroxylation sites is 9. The fourth-order valence-electron chi connectivity index (χ4n) is 21.9. The Morgan fingerprint density at radius 3 is 1.07 bits per heavy atom. The van der Waals surface area contributed by atoms with Gasteiger partial charge in [0.2, 0.25) is 0 Å². The summed E-state index contributed by atoms with van der Waals surface area (Å²) in [7, 11) is 0. The summed E-state index contributed by atoms with van der Waals surface area (Å²) in [5.74, 6) is 3.09. The highest BCUT2D eigenvalue weighted by Gasteiger charge is 2.53. The molecule has 0 radical (unpaired) electrons. The van der Waals surface area contributed by atoms with E-state index in [0.29, 0.717) is 11.6 Å². The topological polar surface area (TPSA) is 80.5 Å². The van der Waals surface area contributed by atoms with Crippen molar-refractivity contribution in [3.63, 3.8) is 0 Å². The molecule has 2 spiro atoms. The second kappa shape index (κ2) is 28.0. The Balaban J connectivity index is 0.000000132. The van der Waals surface area contributed by atoms with Crippen LogP contribution in [0.2, 0.25) is 0 Å². The first-order chi connectivity index (χ1) is 63.5. The van der Waals surface area contributed by atoms with Crippen molar-refractivity contribution < 1.29 is 4.74 Å². The maximum absolute atomic E-state index is 7.32. The van der Waals surface area contributed by atoms with Gasteiger partial charge in [0.25, 0.3) is 0 Å². The van der Waals surface area contributed by atoms with Gasteiger partial charge in [-0.15, -0.1) is 0 Å². The third kappa shape index (κ3) is 10.4. The molecule has 0 saturated heterocycles. The quantitative estimate of drug-likeness (QED) is 0.151. The number of rotatable bonds is 8. The van der Waals surface area contributed by atoms with Crippen molar-refractivity contribution in [1.29, 1.82) is 0 Å². The molecule has 0 saturated carbocycles. The maximum Gasteiger partial charge on any atom is 0.160 e. The lowest BCUT2D eigenvalue weighted by molar-refractivity contribution is 0.438. The molecular formula is C118H72N8OS. The number of hydrogen-bond donors (Lipinski definition) is 0. The van der Waals surface area contributed by atoms with E-state index >= 15 is 0 Å². The minimum absolute atomic E-state index is 0.552. The molecule has 0 amide bonds. The predicted molar refractivity (Wildman–Crippen MR) is 522 cm³/mol. The van der Waals surface area contributed by atoms with Gasteiger partial charge in [0.05, 0.1) is 89.1 Å². The van der Waals surface area contributed by atoms with Gasteiger partial charge in [-0.25, -0.2) is 19.9 Å². The van der Waals surface area contributed by atoms with Crippen LogP contribution < -0.4 is 4.74 Å². The van der Waals surface area contributed by atoms with Crippen LogP contribution in [0.5, 0.6) is 11.5 Å². The molecule has 10 heterocycles. The summed E-state index contributed by atoms with van der Waals surface area (Å²) in [6.45, 7) is 0. The van der Waals surface area contributed by atoms with Crippen LogP contribution in [-0.2, 0) is 10.8 Å². The summed E-state index contributed by atoms with van der Waals surface area (Å²) in [5.41, 5.74) is 32.4. The Morgan fingerprint density at radius 1 is 0.211 bits per heavy atom. The Kier molecular flexibility index (Phi) is 15.7. The number of nitrogens with zero attached hydrogens (tertiary/aromatic N) is 8. The summed E-state index contributed by atoms with van der Waals surface area (Å²) in [5, 5.41) is 9.83. The van der Waals surface area contributed by atoms with Gasteiger partial charge in [-0.2, -0.15) is 0 Å². The highest BCUT2D eigenvalue weighted by molar-refractivity contribution is 7.99. The van der Waals surface area contributed by atoms with Gasteiger partial charge in [-0.05, 0) is 155 Å². The summed E-state index contributed by atoms with van der Waals surface area (Å²) in [4.78, 5) is 23.1. The molecule has 2 unspecified atom stereocenters. The number of fused-ring (bicyclic) bond motifs is 29. The van der Waals surface area contributed by atoms with Crippen molar-refractivity contribution in [2.45, 2.75) is 20.6 Å². The summed E-state index contributed by atoms with van der Waals surface area (Å²) in [6, 6.07) is 158. The smallest absolute Gasteiger partial charge is 0.160 e. The Morgan fingerprint density at radius 2 is 0.578 bits per heavy atom. The lowest BCUT2D eigenvalue weighted by Crippen LogP contribution is -2.37. The largest absolute Gasteiger partial charge is 0.454 e. The Bertz CT molecular complexity index is 8640. The zero-order valence-electron chi connectivity index (χ0n) is 69.0. The minimum Gasteiger partial charge on any atom is -0.454 e. The van der Waals surface area contributed by atoms with Crippen molar-refractivity contribution in [3.8, 4) is 102 Å². The first kappa shape index (κ1) is 72.0. The summed E-state index contributed by atoms with van der Waals surface area (Å²) < 4.78 is 17.1. The molecule has 0 bridgehead atoms. The second-order valence-corrected chi connectivity index (χ2v) is 34.8. The highest BCUT2D eigenvalue weighted by atomic mass is 32.2. The fraction of sp³-hybridized carbons (Fsp3) is 0.0169. The number of benzene rings is 18. The number of hydrogen-bond acceptors (Lipinski definition) is 6. The van der Waals surface area contributed by atoms with Gasteiger partial charge in [0.1, 0.15) is 5.75 Å². The molecule has 0 fully saturated rings. The van der Waals surface area contributed by atoms with Gasteiger partial charge in [0.15, 0.2) is 17.4 Å². The zero-order chi connectivity index (χ0) is 83.9. The lowest BCUT2D eigenvalue weighted by atomic mass is 9.61. The summed E-state index contributed by atoms with van der Waals surface area (Å²) >= 11 is 1.89. The molecule has 18 aromatic carbocycles. The predicted octanol–water partition coefficient (Wildman–Crippen LogP) is 29.3. The third-order valence-corrected chi connectivity index (χ3v) is 28.3. The second-order valence-electron chi connectivity index (χ2n) is 33.7. The van der Waals surface area contributed by atoms with Crippen LogP contribution >= 0.6 is 11.8 Å². The van der Waals surface area contributed by atoms with E-state index < -0.39 is 10.8 Å². The number of ether oxygens (including phenoxy) is 1. The Hall–Kier alpha value is -16.5. The zero-order valence-corrected chi connectivity index (χ0v) is 69.8. The van der Waals surface area contributed by atoms with E-state index in [4.69, 9.17) is 24.7 Å². The molecule has 28 rings (SSSR count). The minimum atomic E-state index is -0.679. The van der Waals surface area contributed by atoms with Crippen LogP contribution in [0.15, 0.2) is 447 Å². The van der Waals surface area contributed by atoms with Crippen LogP contribution in [0.4, 0.5) is 0 Å². The molecule has 9 nitrogen and oxygen atoms in total. The molecular weight excluding hydrogens is 1580 g/mol. The van der Waals surface area contributed by atoms with Gasteiger partial charge in [-0.1, -0.05) is 327 Å². The molecule has 2 atom stereocenters. The SMILES string of the molecule is c1ccc(-c2cc(-c3ccccc3)nc(-c3ccc(-n4c5ccccc5c5cc6c(cc54)Sc4ccccc4C64c5ccccc5-n5c6ccccc6c6cccc4c65)cc3)n2)cc1.c1ccc(-c2cc(-c3ccccc3)nc(-c3ccc(-n4c5ccccc5c5ccc6c(c54)Oc4ccccc4C64c5ccccc5-n5c6ccccc6c6cccc4c65)cc3)n2)cc1. The van der Waals surface area contributed by atoms with Crippen molar-refractivity contribution in [3.05, 3.63) is 481 Å². The molecule has 10 heteroatoms. The first-order valence-electron chi connectivity index (χ1n) is 43.7. The van der Waals surface area contributed by atoms with Crippen LogP contribution in [0.1, 0.15) is 44.5 Å². The molecule has 596 valence electrons. The van der Waals surface area contributed by atoms with Crippen molar-refractivity contribution in [2.75, 3.05) is 0 Å². The van der Waals surface area contributed by atoms with E-state index in [9.17, 15) is 0 Å². The average Bonchev–Trinajstić information content (AvgIpc) is 1.37. The van der Waals surface area contributed by atoms with Crippen LogP contribution in [0, 0.1) is 0 Å². The monoisotopic (exact) mass is 1650 g/mol. The van der Waals surface area contributed by atoms with Crippen LogP contribution in [0.3, 0.4) is 0 Å². The normalized spacial score (nSPS) is 14.8. The van der Waals surface area contributed by atoms with Gasteiger partial charge in [-0.3, -0.25) is 0 Å². The molecule has 24 aromatic rings. The van der Waals surface area contributed by atoms with E-state index in [0.717, 1.165) is 107 Å². The van der Waals surface area contributed by atoms with Gasteiger partial charge < -0.3 is 23.0 Å². The van der Waals surface area contributed by atoms with Crippen molar-refractivity contribution in [1.82, 2.24) is 38.2 Å². The van der Waals surface area contributed by atoms with E-state index in [1.165, 1.54) is 125 Å². The van der Waals surface area contributed by atoms with E-state index in [1.54, 1.807) is 0 Å². The van der Waals surface area contributed by atoms with Crippen LogP contribution in [0.25, 0.3) is 178 Å². The molecule has 4 aliphatic rings. The lowest BCUT2D eigenvalue weighted by Gasteiger charge is -2.45. The van der Waals surface area contributed by atoms with Crippen molar-refractivity contribution in [2.24, 2.45) is 0 Å². The van der Waals surface area contributed by atoms with Crippen LogP contribution in [-0.4, -0.2) is 38.2 Å². The van der Waals surface area contributed by atoms with E-state index in [2.05, 4.69) is 431 Å². The molecule has 0 N–H and O–H groups in total. The van der Waals surface area contributed by atoms with E-state index in [1.807, 2.05) is 36.0 Å². The van der Waals surface area contributed by atoms with Gasteiger partial charge >= 0.3 is 0 Å². The fourth-order valence-corrected chi connectivity index (χ4v) is 23.1. The van der Waals surface area contributed by atoms with Gasteiger partial charge in [0, 0.05) is 109 Å². The number of aromatic nitrogens is 8. The van der Waals surface area contributed by atoms with Crippen molar-refractivity contribution >= 4 is 99.0 Å². The summed E-state index contributed by atoms with van der Waals surface area (Å²) in [6.07, 6.45) is 0. The third-order valence-electron chi connectivity index (χ3n) is 27.2. The molecule has 128 heavy (non-hydrogen) atoms. The highest BCUT2D eigenvalue weighted by Crippen LogP contribution is 2.64. The first-order valence-corrected chi connectivity index (χ1v) is 44.5. The standard InChI is InChI=1S/C59H36N4O.C59H36N4S/c1-3-16-37(17-4-1)49-36-50(38-18-5-2-6-19-38)61-58(60-49)39-30-32-40(33-31-39)62-51-26-11-7-21-42(51)44-34-35-48-57(56(44)62)64-54-29-14-10-24-46(54)59(48)45-23-9-13-28-53(45)63-52-27-12-8-20-41(52)43-22-15-25-47(59)55(43)63;1-3-16-37(17-4-1)49-35-50(38-18-5-2-6-19-38)61-58(60-49)39-30-32-40(33-31-39)62-51-26-11-8-21-42(51)44-34-48-56(36-54(44)62)64-55-29-14-10-24-46(55)59(48)45-23-9-13-28-53(45)63-52-27-12-7-20-41(52)43-22-15-25-47(59)57(43)63/h2*1-36H. The average molecular weight is 1650 g/mol. The molecule has 0 aliphatic carbocycles. The Labute approximate surface area is 740 Å². The van der Waals surface area contributed by atoms with E-state index in [-0.39, 0.29) is 0 Å². The molecule has 6 aromatic heterocycles.